The van der Waals surface area contributed by atoms with Crippen LogP contribution in [0, 0.1) is 6.92 Å². The first kappa shape index (κ1) is 18.4. The van der Waals surface area contributed by atoms with E-state index < -0.39 is 0 Å². The van der Waals surface area contributed by atoms with Crippen molar-refractivity contribution in [2.75, 3.05) is 21.3 Å². The average molecular weight is 367 g/mol. The molecule has 0 aliphatic carbocycles. The number of hydrogen-bond donors (Lipinski definition) is 0. The molecule has 0 aliphatic heterocycles. The van der Waals surface area contributed by atoms with Crippen LogP contribution in [0.3, 0.4) is 0 Å². The van der Waals surface area contributed by atoms with Crippen molar-refractivity contribution in [3.8, 4) is 22.9 Å². The Morgan fingerprint density at radius 1 is 1.11 bits per heavy atom. The number of benzene rings is 2. The predicted molar refractivity (Wildman–Crippen MR) is 99.8 cm³/mol. The number of aryl methyl sites for hydroxylation is 1. The van der Waals surface area contributed by atoms with Crippen molar-refractivity contribution in [1.29, 1.82) is 0 Å². The molecule has 0 aliphatic rings. The van der Waals surface area contributed by atoms with Gasteiger partial charge in [-0.05, 0) is 36.8 Å². The lowest BCUT2D eigenvalue weighted by Gasteiger charge is -2.16. The summed E-state index contributed by atoms with van der Waals surface area (Å²) >= 11 is 0. The minimum absolute atomic E-state index is 0.0982. The highest BCUT2D eigenvalue weighted by Crippen LogP contribution is 2.31. The Hall–Kier alpha value is -3.35. The summed E-state index contributed by atoms with van der Waals surface area (Å²) < 4.78 is 15.8. The Bertz CT molecular complexity index is 952. The number of aromatic nitrogens is 2. The Morgan fingerprint density at radius 2 is 1.85 bits per heavy atom. The normalized spacial score (nSPS) is 10.5. The quantitative estimate of drug-likeness (QED) is 0.665. The summed E-state index contributed by atoms with van der Waals surface area (Å²) in [5.41, 5.74) is 2.31. The third-order valence-corrected chi connectivity index (χ3v) is 4.20. The Kier molecular flexibility index (Phi) is 5.40. The van der Waals surface area contributed by atoms with Crippen LogP contribution in [0.5, 0.6) is 11.5 Å². The van der Waals surface area contributed by atoms with E-state index in [4.69, 9.17) is 14.0 Å². The molecule has 0 unspecified atom stereocenters. The van der Waals surface area contributed by atoms with Gasteiger partial charge in [0.2, 0.25) is 11.7 Å². The second-order valence-corrected chi connectivity index (χ2v) is 6.06. The fourth-order valence-electron chi connectivity index (χ4n) is 2.70. The summed E-state index contributed by atoms with van der Waals surface area (Å²) in [5, 5.41) is 4.00. The second-order valence-electron chi connectivity index (χ2n) is 6.06. The van der Waals surface area contributed by atoms with E-state index in [0.29, 0.717) is 28.8 Å². The van der Waals surface area contributed by atoms with Crippen LogP contribution >= 0.6 is 0 Å². The maximum atomic E-state index is 12.6. The first-order valence-corrected chi connectivity index (χ1v) is 8.39. The highest BCUT2D eigenvalue weighted by Gasteiger charge is 2.18. The molecule has 0 N–H and O–H groups in total. The maximum absolute atomic E-state index is 12.6. The Balaban J connectivity index is 1.76. The lowest BCUT2D eigenvalue weighted by Crippen LogP contribution is -2.27. The minimum atomic E-state index is -0.0982. The van der Waals surface area contributed by atoms with Crippen LogP contribution < -0.4 is 9.47 Å². The van der Waals surface area contributed by atoms with Crippen LogP contribution in [0.15, 0.2) is 47.0 Å². The number of carbonyl (C=O) groups excluding carboxylic acids is 1. The molecule has 1 heterocycles. The fourth-order valence-corrected chi connectivity index (χ4v) is 2.70. The van der Waals surface area contributed by atoms with Gasteiger partial charge in [-0.15, -0.1) is 0 Å². The lowest BCUT2D eigenvalue weighted by molar-refractivity contribution is 0.0769. The van der Waals surface area contributed by atoms with Crippen LogP contribution in [-0.4, -0.2) is 42.2 Å². The van der Waals surface area contributed by atoms with Crippen molar-refractivity contribution in [2.24, 2.45) is 0 Å². The molecule has 140 valence electrons. The zero-order chi connectivity index (χ0) is 19.4. The summed E-state index contributed by atoms with van der Waals surface area (Å²) in [5.74, 6) is 1.87. The third kappa shape index (κ3) is 3.92. The molecule has 1 aromatic heterocycles. The van der Waals surface area contributed by atoms with Crippen LogP contribution in [0.2, 0.25) is 0 Å². The van der Waals surface area contributed by atoms with Gasteiger partial charge in [0.25, 0.3) is 5.91 Å². The Labute approximate surface area is 157 Å². The number of rotatable bonds is 6. The standard InChI is InChI=1S/C20H21N3O4/c1-13-7-5-6-8-15(13)20(24)23(2)12-18-21-19(22-27-18)14-9-10-16(25-3)17(11-14)26-4/h5-11H,12H2,1-4H3. The summed E-state index contributed by atoms with van der Waals surface area (Å²) in [7, 11) is 4.84. The third-order valence-electron chi connectivity index (χ3n) is 4.20. The summed E-state index contributed by atoms with van der Waals surface area (Å²) in [6.07, 6.45) is 0. The van der Waals surface area contributed by atoms with Crippen molar-refractivity contribution in [2.45, 2.75) is 13.5 Å². The SMILES string of the molecule is COc1ccc(-c2noc(CN(C)C(=O)c3ccccc3C)n2)cc1OC. The molecule has 2 aromatic carbocycles. The summed E-state index contributed by atoms with van der Waals surface area (Å²) in [6, 6.07) is 12.8. The van der Waals surface area contributed by atoms with E-state index in [9.17, 15) is 4.79 Å². The highest BCUT2D eigenvalue weighted by atomic mass is 16.5. The van der Waals surface area contributed by atoms with E-state index in [1.807, 2.05) is 31.2 Å². The van der Waals surface area contributed by atoms with Crippen LogP contribution in [-0.2, 0) is 6.54 Å². The zero-order valence-electron chi connectivity index (χ0n) is 15.7. The van der Waals surface area contributed by atoms with E-state index in [0.717, 1.165) is 11.1 Å². The lowest BCUT2D eigenvalue weighted by atomic mass is 10.1. The van der Waals surface area contributed by atoms with Crippen LogP contribution in [0.1, 0.15) is 21.8 Å². The largest absolute Gasteiger partial charge is 0.493 e. The maximum Gasteiger partial charge on any atom is 0.254 e. The number of amides is 1. The number of hydrogen-bond acceptors (Lipinski definition) is 6. The first-order chi connectivity index (χ1) is 13.0. The molecule has 7 heteroatoms. The number of carbonyl (C=O) groups is 1. The van der Waals surface area contributed by atoms with Gasteiger partial charge in [-0.3, -0.25) is 4.79 Å². The average Bonchev–Trinajstić information content (AvgIpc) is 3.15. The molecule has 0 radical (unpaired) electrons. The Morgan fingerprint density at radius 3 is 2.56 bits per heavy atom. The number of methoxy groups -OCH3 is 2. The summed E-state index contributed by atoms with van der Waals surface area (Å²) in [4.78, 5) is 18.5. The molecule has 0 saturated carbocycles. The first-order valence-electron chi connectivity index (χ1n) is 8.39. The van der Waals surface area contributed by atoms with Crippen LogP contribution in [0.25, 0.3) is 11.4 Å². The van der Waals surface area contributed by atoms with Gasteiger partial charge >= 0.3 is 0 Å². The van der Waals surface area contributed by atoms with Gasteiger partial charge in [-0.2, -0.15) is 4.98 Å². The summed E-state index contributed by atoms with van der Waals surface area (Å²) in [6.45, 7) is 2.12. The van der Waals surface area contributed by atoms with E-state index in [1.165, 1.54) is 0 Å². The second kappa shape index (κ2) is 7.90. The minimum Gasteiger partial charge on any atom is -0.493 e. The van der Waals surface area contributed by atoms with E-state index in [1.54, 1.807) is 44.4 Å². The molecule has 3 rings (SSSR count). The van der Waals surface area contributed by atoms with Gasteiger partial charge in [0.05, 0.1) is 20.8 Å². The van der Waals surface area contributed by atoms with Crippen molar-refractivity contribution >= 4 is 5.91 Å². The number of nitrogens with zero attached hydrogens (tertiary/aromatic N) is 3. The van der Waals surface area contributed by atoms with Crippen molar-refractivity contribution < 1.29 is 18.8 Å². The molecule has 3 aromatic rings. The number of ether oxygens (including phenoxy) is 2. The van der Waals surface area contributed by atoms with Gasteiger partial charge in [0, 0.05) is 18.2 Å². The van der Waals surface area contributed by atoms with Gasteiger partial charge in [0.15, 0.2) is 11.5 Å². The molecule has 0 saturated heterocycles. The zero-order valence-corrected chi connectivity index (χ0v) is 15.7. The molecule has 0 atom stereocenters. The molecule has 0 spiro atoms. The molecule has 7 nitrogen and oxygen atoms in total. The highest BCUT2D eigenvalue weighted by molar-refractivity contribution is 5.95. The molecule has 0 fully saturated rings. The molecular weight excluding hydrogens is 346 g/mol. The van der Waals surface area contributed by atoms with Crippen molar-refractivity contribution in [1.82, 2.24) is 15.0 Å². The molecule has 0 bridgehead atoms. The topological polar surface area (TPSA) is 77.7 Å². The van der Waals surface area contributed by atoms with E-state index in [-0.39, 0.29) is 12.5 Å². The van der Waals surface area contributed by atoms with Gasteiger partial charge in [0.1, 0.15) is 0 Å². The van der Waals surface area contributed by atoms with Gasteiger partial charge in [-0.1, -0.05) is 23.4 Å². The van der Waals surface area contributed by atoms with E-state index >= 15 is 0 Å². The van der Waals surface area contributed by atoms with Crippen molar-refractivity contribution in [3.05, 3.63) is 59.5 Å². The smallest absolute Gasteiger partial charge is 0.254 e. The van der Waals surface area contributed by atoms with Gasteiger partial charge < -0.3 is 18.9 Å². The van der Waals surface area contributed by atoms with Gasteiger partial charge in [-0.25, -0.2) is 0 Å². The van der Waals surface area contributed by atoms with E-state index in [2.05, 4.69) is 10.1 Å². The molecule has 27 heavy (non-hydrogen) atoms. The fraction of sp³-hybridized carbons (Fsp3) is 0.250. The molecular formula is C20H21N3O4. The monoisotopic (exact) mass is 367 g/mol. The van der Waals surface area contributed by atoms with Crippen LogP contribution in [0.4, 0.5) is 0 Å². The predicted octanol–water partition coefficient (Wildman–Crippen LogP) is 3.33. The van der Waals surface area contributed by atoms with Crippen molar-refractivity contribution in [3.63, 3.8) is 0 Å². The molecule has 1 amide bonds.